The highest BCUT2D eigenvalue weighted by Gasteiger charge is 2.50. The van der Waals surface area contributed by atoms with Crippen molar-refractivity contribution in [3.8, 4) is 0 Å². The molecule has 4 fully saturated rings. The first-order valence-electron chi connectivity index (χ1n) is 13.4. The van der Waals surface area contributed by atoms with E-state index in [9.17, 15) is 15.3 Å². The van der Waals surface area contributed by atoms with Crippen molar-refractivity contribution < 1.29 is 15.3 Å². The summed E-state index contributed by atoms with van der Waals surface area (Å²) >= 11 is 0. The van der Waals surface area contributed by atoms with Crippen molar-refractivity contribution in [2.45, 2.75) is 122 Å². The summed E-state index contributed by atoms with van der Waals surface area (Å²) in [4.78, 5) is 0. The summed E-state index contributed by atoms with van der Waals surface area (Å²) in [6, 6.07) is 0. The summed E-state index contributed by atoms with van der Waals surface area (Å²) in [5.74, 6) is 2.15. The molecule has 3 heteroatoms. The highest BCUT2D eigenvalue weighted by atomic mass is 16.3. The summed E-state index contributed by atoms with van der Waals surface area (Å²) in [6.45, 7) is 9.08. The molecule has 0 heterocycles. The molecule has 32 heavy (non-hydrogen) atoms. The first-order chi connectivity index (χ1) is 15.2. The maximum atomic E-state index is 10.7. The summed E-state index contributed by atoms with van der Waals surface area (Å²) < 4.78 is 0. The van der Waals surface area contributed by atoms with Crippen molar-refractivity contribution >= 4 is 0 Å². The highest BCUT2D eigenvalue weighted by Crippen LogP contribution is 2.60. The average Bonchev–Trinajstić information content (AvgIpc) is 3.33. The Morgan fingerprint density at radius 3 is 2.59 bits per heavy atom. The van der Waals surface area contributed by atoms with Gasteiger partial charge in [0.25, 0.3) is 0 Å². The van der Waals surface area contributed by atoms with Crippen LogP contribution in [0.3, 0.4) is 0 Å². The van der Waals surface area contributed by atoms with Gasteiger partial charge in [0.15, 0.2) is 0 Å². The Kier molecular flexibility index (Phi) is 7.39. The molecule has 0 spiro atoms. The third kappa shape index (κ3) is 4.95. The molecule has 0 aliphatic heterocycles. The van der Waals surface area contributed by atoms with Gasteiger partial charge in [-0.1, -0.05) is 63.8 Å². The molecular weight excluding hydrogens is 396 g/mol. The Hall–Kier alpha value is -0.900. The molecule has 180 valence electrons. The van der Waals surface area contributed by atoms with Gasteiger partial charge in [0.2, 0.25) is 0 Å². The maximum Gasteiger partial charge on any atom is 0.0811 e. The molecular formula is C29H46O3. The second-order valence-electron chi connectivity index (χ2n) is 12.0. The first kappa shape index (κ1) is 24.2. The van der Waals surface area contributed by atoms with E-state index in [1.807, 2.05) is 0 Å². The van der Waals surface area contributed by atoms with Crippen molar-refractivity contribution in [1.82, 2.24) is 0 Å². The summed E-state index contributed by atoms with van der Waals surface area (Å²) in [5, 5.41) is 30.9. The minimum atomic E-state index is -0.612. The molecule has 6 atom stereocenters. The fourth-order valence-corrected chi connectivity index (χ4v) is 7.92. The van der Waals surface area contributed by atoms with Crippen molar-refractivity contribution in [2.24, 2.45) is 23.2 Å². The van der Waals surface area contributed by atoms with Crippen LogP contribution in [-0.4, -0.2) is 33.1 Å². The van der Waals surface area contributed by atoms with E-state index in [1.54, 1.807) is 5.57 Å². The Bertz CT molecular complexity index is 744. The van der Waals surface area contributed by atoms with Gasteiger partial charge in [-0.05, 0) is 92.1 Å². The van der Waals surface area contributed by atoms with Crippen LogP contribution in [0.2, 0.25) is 0 Å². The fourth-order valence-electron chi connectivity index (χ4n) is 7.92. The lowest BCUT2D eigenvalue weighted by Crippen LogP contribution is -2.36. The van der Waals surface area contributed by atoms with Crippen molar-refractivity contribution in [3.05, 3.63) is 35.5 Å². The molecule has 0 saturated heterocycles. The molecule has 3 nitrogen and oxygen atoms in total. The smallest absolute Gasteiger partial charge is 0.0811 e. The maximum absolute atomic E-state index is 10.7. The molecule has 0 radical (unpaired) electrons. The number of aliphatic hydroxyl groups is 3. The van der Waals surface area contributed by atoms with Gasteiger partial charge in [0.1, 0.15) is 0 Å². The molecule has 0 aromatic carbocycles. The zero-order valence-corrected chi connectivity index (χ0v) is 20.5. The van der Waals surface area contributed by atoms with Gasteiger partial charge in [-0.15, -0.1) is 0 Å². The van der Waals surface area contributed by atoms with E-state index in [2.05, 4.69) is 32.6 Å². The molecule has 0 unspecified atom stereocenters. The first-order valence-corrected chi connectivity index (χ1v) is 13.4. The van der Waals surface area contributed by atoms with Crippen LogP contribution < -0.4 is 0 Å². The summed E-state index contributed by atoms with van der Waals surface area (Å²) in [6.07, 6.45) is 18.6. The molecule has 0 aromatic rings. The second-order valence-corrected chi connectivity index (χ2v) is 12.0. The van der Waals surface area contributed by atoms with E-state index in [1.165, 1.54) is 51.4 Å². The van der Waals surface area contributed by atoms with Gasteiger partial charge in [0, 0.05) is 6.42 Å². The molecule has 0 amide bonds. The zero-order chi connectivity index (χ0) is 22.9. The van der Waals surface area contributed by atoms with Crippen molar-refractivity contribution in [3.63, 3.8) is 0 Å². The summed E-state index contributed by atoms with van der Waals surface area (Å²) in [7, 11) is 0. The van der Waals surface area contributed by atoms with E-state index in [0.29, 0.717) is 24.2 Å². The quantitative estimate of drug-likeness (QED) is 0.456. The van der Waals surface area contributed by atoms with E-state index in [4.69, 9.17) is 0 Å². The van der Waals surface area contributed by atoms with Crippen LogP contribution in [0.15, 0.2) is 35.5 Å². The predicted octanol–water partition coefficient (Wildman–Crippen LogP) is 6.24. The zero-order valence-electron chi connectivity index (χ0n) is 20.5. The Labute approximate surface area is 195 Å². The molecule has 3 N–H and O–H groups in total. The monoisotopic (exact) mass is 442 g/mol. The largest absolute Gasteiger partial charge is 0.393 e. The minimum Gasteiger partial charge on any atom is -0.393 e. The van der Waals surface area contributed by atoms with Gasteiger partial charge in [-0.2, -0.15) is 0 Å². The molecule has 4 aliphatic carbocycles. The van der Waals surface area contributed by atoms with Crippen molar-refractivity contribution in [1.29, 1.82) is 0 Å². The average molecular weight is 443 g/mol. The molecule has 0 bridgehead atoms. The second kappa shape index (κ2) is 9.76. The van der Waals surface area contributed by atoms with Gasteiger partial charge >= 0.3 is 0 Å². The lowest BCUT2D eigenvalue weighted by Gasteiger charge is -2.44. The normalized spacial score (nSPS) is 40.7. The van der Waals surface area contributed by atoms with Gasteiger partial charge in [0.05, 0.1) is 17.8 Å². The number of hydrogen-bond acceptors (Lipinski definition) is 3. The Morgan fingerprint density at radius 2 is 1.84 bits per heavy atom. The lowest BCUT2D eigenvalue weighted by molar-refractivity contribution is 0.0318. The van der Waals surface area contributed by atoms with Crippen LogP contribution in [0, 0.1) is 23.2 Å². The number of rotatable bonds is 6. The SMILES string of the molecule is C=C1/C(=C\C=C2/CCC[C@]3(C)[C@@H]([C@H](C)CCCC4(O)CCCC4)CC[C@@H]23)C[C@@H](O)C[C@@H]1O. The van der Waals surface area contributed by atoms with E-state index in [-0.39, 0.29) is 5.60 Å². The standard InChI is InChI=1S/C29H46O3/c1-20(8-6-17-29(32)15-4-5-16-29)25-12-13-26-22(9-7-14-28(25,26)3)10-11-23-18-24(30)19-27(31)21(23)2/h10-11,20,24-27,30-32H,2,4-9,12-19H2,1,3H3/b22-10+,23-11-/t20-,24-,25-,26+,27+,28-/m1/s1. The van der Waals surface area contributed by atoms with Gasteiger partial charge < -0.3 is 15.3 Å². The predicted molar refractivity (Wildman–Crippen MR) is 131 cm³/mol. The Balaban J connectivity index is 1.40. The third-order valence-electron chi connectivity index (χ3n) is 9.82. The molecule has 4 rings (SSSR count). The van der Waals surface area contributed by atoms with E-state index >= 15 is 0 Å². The molecule has 4 saturated carbocycles. The molecule has 0 aromatic heterocycles. The number of fused-ring (bicyclic) bond motifs is 1. The van der Waals surface area contributed by atoms with Gasteiger partial charge in [-0.25, -0.2) is 0 Å². The van der Waals surface area contributed by atoms with Crippen LogP contribution in [0.4, 0.5) is 0 Å². The minimum absolute atomic E-state index is 0.361. The number of aliphatic hydroxyl groups excluding tert-OH is 2. The fraction of sp³-hybridized carbons (Fsp3) is 0.793. The van der Waals surface area contributed by atoms with E-state index in [0.717, 1.165) is 48.7 Å². The number of allylic oxidation sites excluding steroid dienone is 3. The van der Waals surface area contributed by atoms with Crippen LogP contribution in [0.25, 0.3) is 0 Å². The third-order valence-corrected chi connectivity index (χ3v) is 9.82. The summed E-state index contributed by atoms with van der Waals surface area (Å²) in [5.41, 5.74) is 3.40. The number of hydrogen-bond donors (Lipinski definition) is 3. The van der Waals surface area contributed by atoms with Crippen LogP contribution in [0.1, 0.15) is 104 Å². The van der Waals surface area contributed by atoms with Crippen LogP contribution in [0.5, 0.6) is 0 Å². The van der Waals surface area contributed by atoms with Crippen LogP contribution in [-0.2, 0) is 0 Å². The topological polar surface area (TPSA) is 60.7 Å². The lowest BCUT2D eigenvalue weighted by atomic mass is 9.60. The molecule has 4 aliphatic rings. The van der Waals surface area contributed by atoms with E-state index < -0.39 is 12.2 Å². The van der Waals surface area contributed by atoms with Gasteiger partial charge in [-0.3, -0.25) is 0 Å². The van der Waals surface area contributed by atoms with Crippen molar-refractivity contribution in [2.75, 3.05) is 0 Å². The highest BCUT2D eigenvalue weighted by molar-refractivity contribution is 5.38. The van der Waals surface area contributed by atoms with Crippen LogP contribution >= 0.6 is 0 Å². The Morgan fingerprint density at radius 1 is 1.09 bits per heavy atom.